The van der Waals surface area contributed by atoms with Gasteiger partial charge < -0.3 is 15.1 Å². The van der Waals surface area contributed by atoms with Gasteiger partial charge in [0.05, 0.1) is 6.10 Å². The minimum atomic E-state index is -1.08. The number of aryl methyl sites for hydroxylation is 1. The summed E-state index contributed by atoms with van der Waals surface area (Å²) in [4.78, 5) is 25.2. The number of carboxylic acid groups (broad SMARTS) is 1. The molecule has 2 N–H and O–H groups in total. The number of hydrogen-bond acceptors (Lipinski definition) is 4. The molecule has 1 aromatic rings. The van der Waals surface area contributed by atoms with Gasteiger partial charge in [0.1, 0.15) is 6.04 Å². The average Bonchev–Trinajstić information content (AvgIpc) is 2.92. The number of carbonyl (C=O) groups excluding carboxylic acids is 1. The molecule has 0 saturated carbocycles. The molecule has 19 heavy (non-hydrogen) atoms. The van der Waals surface area contributed by atoms with Crippen molar-refractivity contribution >= 4 is 29.3 Å². The molecule has 6 heteroatoms. The second kappa shape index (κ2) is 5.54. The molecule has 0 radical (unpaired) electrons. The lowest BCUT2D eigenvalue weighted by atomic mass is 10.2. The summed E-state index contributed by atoms with van der Waals surface area (Å²) in [6.07, 6.45) is 2.38. The third-order valence-electron chi connectivity index (χ3n) is 3.13. The number of aliphatic hydroxyl groups is 1. The number of nitrogens with zero attached hydrogens (tertiary/aromatic N) is 1. The predicted molar refractivity (Wildman–Crippen MR) is 71.9 cm³/mol. The number of rotatable bonds is 3. The molecule has 1 amide bonds. The Morgan fingerprint density at radius 3 is 2.84 bits per heavy atom. The van der Waals surface area contributed by atoms with Crippen LogP contribution >= 0.6 is 11.3 Å². The van der Waals surface area contributed by atoms with Gasteiger partial charge in [0.2, 0.25) is 5.91 Å². The van der Waals surface area contributed by atoms with Crippen LogP contribution < -0.4 is 0 Å². The molecule has 0 spiro atoms. The first-order chi connectivity index (χ1) is 8.99. The molecule has 1 aromatic heterocycles. The van der Waals surface area contributed by atoms with Gasteiger partial charge in [0.15, 0.2) is 0 Å². The van der Waals surface area contributed by atoms with Crippen molar-refractivity contribution in [3.63, 3.8) is 0 Å². The van der Waals surface area contributed by atoms with E-state index in [2.05, 4.69) is 0 Å². The van der Waals surface area contributed by atoms with Crippen molar-refractivity contribution in [2.24, 2.45) is 0 Å². The number of amides is 1. The largest absolute Gasteiger partial charge is 0.480 e. The van der Waals surface area contributed by atoms with E-state index < -0.39 is 18.1 Å². The quantitative estimate of drug-likeness (QED) is 0.814. The Morgan fingerprint density at radius 2 is 2.26 bits per heavy atom. The Hall–Kier alpha value is -1.66. The zero-order valence-corrected chi connectivity index (χ0v) is 11.3. The Labute approximate surface area is 114 Å². The van der Waals surface area contributed by atoms with Crippen molar-refractivity contribution in [2.75, 3.05) is 6.54 Å². The first-order valence-electron chi connectivity index (χ1n) is 5.92. The van der Waals surface area contributed by atoms with Crippen LogP contribution in [0.1, 0.15) is 16.9 Å². The topological polar surface area (TPSA) is 77.8 Å². The van der Waals surface area contributed by atoms with E-state index in [1.165, 1.54) is 22.3 Å². The summed E-state index contributed by atoms with van der Waals surface area (Å²) in [5.41, 5.74) is 1.07. The van der Waals surface area contributed by atoms with Crippen LogP contribution in [0.25, 0.3) is 6.08 Å². The number of hydrogen-bond donors (Lipinski definition) is 2. The van der Waals surface area contributed by atoms with Gasteiger partial charge in [-0.2, -0.15) is 0 Å². The van der Waals surface area contributed by atoms with Crippen molar-refractivity contribution in [3.8, 4) is 0 Å². The second-order valence-electron chi connectivity index (χ2n) is 4.54. The van der Waals surface area contributed by atoms with E-state index in [4.69, 9.17) is 5.11 Å². The first-order valence-corrected chi connectivity index (χ1v) is 6.80. The minimum absolute atomic E-state index is 0.0730. The fraction of sp³-hybridized carbons (Fsp3) is 0.385. The summed E-state index contributed by atoms with van der Waals surface area (Å²) >= 11 is 1.52. The molecule has 1 fully saturated rings. The predicted octanol–water partition coefficient (Wildman–Crippen LogP) is 1.12. The van der Waals surface area contributed by atoms with Crippen molar-refractivity contribution in [3.05, 3.63) is 28.0 Å². The third-order valence-corrected chi connectivity index (χ3v) is 4.11. The van der Waals surface area contributed by atoms with E-state index in [0.717, 1.165) is 10.4 Å². The zero-order chi connectivity index (χ0) is 14.0. The molecule has 2 heterocycles. The van der Waals surface area contributed by atoms with Gasteiger partial charge in [0, 0.05) is 23.9 Å². The standard InChI is InChI=1S/C13H15NO4S/c1-8-4-5-19-11(8)2-3-12(16)14-7-9(15)6-10(14)13(17)18/h2-5,9-10,15H,6-7H2,1H3,(H,17,18)/t9-,10-/m0/s1. The summed E-state index contributed by atoms with van der Waals surface area (Å²) in [7, 11) is 0. The molecule has 0 aliphatic carbocycles. The van der Waals surface area contributed by atoms with Gasteiger partial charge in [-0.05, 0) is 30.0 Å². The Bertz CT molecular complexity index is 522. The molecular formula is C13H15NO4S. The molecule has 0 bridgehead atoms. The zero-order valence-electron chi connectivity index (χ0n) is 10.4. The van der Waals surface area contributed by atoms with Crippen LogP contribution in [-0.4, -0.2) is 45.7 Å². The summed E-state index contributed by atoms with van der Waals surface area (Å²) in [5, 5.41) is 20.4. The molecule has 0 aromatic carbocycles. The highest BCUT2D eigenvalue weighted by Gasteiger charge is 2.37. The summed E-state index contributed by atoms with van der Waals surface area (Å²) in [5.74, 6) is -1.46. The maximum atomic E-state index is 12.0. The highest BCUT2D eigenvalue weighted by atomic mass is 32.1. The number of carbonyl (C=O) groups is 2. The average molecular weight is 281 g/mol. The third kappa shape index (κ3) is 3.02. The normalized spacial score (nSPS) is 23.2. The van der Waals surface area contributed by atoms with Crippen LogP contribution in [0.15, 0.2) is 17.5 Å². The van der Waals surface area contributed by atoms with E-state index in [9.17, 15) is 14.7 Å². The van der Waals surface area contributed by atoms with Crippen LogP contribution in [-0.2, 0) is 9.59 Å². The number of aliphatic hydroxyl groups excluding tert-OH is 1. The highest BCUT2D eigenvalue weighted by Crippen LogP contribution is 2.20. The van der Waals surface area contributed by atoms with Gasteiger partial charge in [-0.15, -0.1) is 11.3 Å². The molecule has 1 saturated heterocycles. The second-order valence-corrected chi connectivity index (χ2v) is 5.48. The number of carboxylic acids is 1. The van der Waals surface area contributed by atoms with Crippen LogP contribution in [0.3, 0.4) is 0 Å². The van der Waals surface area contributed by atoms with Crippen molar-refractivity contribution in [1.29, 1.82) is 0 Å². The van der Waals surface area contributed by atoms with Crippen LogP contribution in [0.2, 0.25) is 0 Å². The molecule has 0 unspecified atom stereocenters. The SMILES string of the molecule is Cc1ccsc1C=CC(=O)N1C[C@@H](O)C[C@H]1C(=O)O. The Balaban J connectivity index is 2.09. The van der Waals surface area contributed by atoms with Crippen LogP contribution in [0, 0.1) is 6.92 Å². The van der Waals surface area contributed by atoms with Crippen molar-refractivity contribution in [1.82, 2.24) is 4.90 Å². The number of β-amino-alcohol motifs (C(OH)–C–C–N with tert-alkyl or cyclic N) is 1. The highest BCUT2D eigenvalue weighted by molar-refractivity contribution is 7.11. The molecule has 2 atom stereocenters. The van der Waals surface area contributed by atoms with E-state index in [-0.39, 0.29) is 18.9 Å². The number of thiophene rings is 1. The van der Waals surface area contributed by atoms with Crippen LogP contribution in [0.5, 0.6) is 0 Å². The Morgan fingerprint density at radius 1 is 1.53 bits per heavy atom. The van der Waals surface area contributed by atoms with Gasteiger partial charge >= 0.3 is 5.97 Å². The fourth-order valence-electron chi connectivity index (χ4n) is 2.09. The molecule has 1 aliphatic heterocycles. The summed E-state index contributed by atoms with van der Waals surface area (Å²) in [6.45, 7) is 2.02. The van der Waals surface area contributed by atoms with E-state index in [1.807, 2.05) is 18.4 Å². The first kappa shape index (κ1) is 13.8. The van der Waals surface area contributed by atoms with Crippen molar-refractivity contribution in [2.45, 2.75) is 25.5 Å². The molecular weight excluding hydrogens is 266 g/mol. The molecule has 2 rings (SSSR count). The summed E-state index contributed by atoms with van der Waals surface area (Å²) in [6, 6.07) is 1.02. The van der Waals surface area contributed by atoms with Gasteiger partial charge in [-0.25, -0.2) is 4.79 Å². The fourth-order valence-corrected chi connectivity index (χ4v) is 2.91. The van der Waals surface area contributed by atoms with Crippen molar-refractivity contribution < 1.29 is 19.8 Å². The lowest BCUT2D eigenvalue weighted by Crippen LogP contribution is -2.39. The lowest BCUT2D eigenvalue weighted by molar-refractivity contribution is -0.146. The number of aliphatic carboxylic acids is 1. The lowest BCUT2D eigenvalue weighted by Gasteiger charge is -2.19. The maximum Gasteiger partial charge on any atom is 0.326 e. The molecule has 5 nitrogen and oxygen atoms in total. The van der Waals surface area contributed by atoms with E-state index >= 15 is 0 Å². The monoisotopic (exact) mass is 281 g/mol. The van der Waals surface area contributed by atoms with Gasteiger partial charge in [-0.3, -0.25) is 4.79 Å². The number of likely N-dealkylation sites (tertiary alicyclic amines) is 1. The van der Waals surface area contributed by atoms with Crippen LogP contribution in [0.4, 0.5) is 0 Å². The van der Waals surface area contributed by atoms with E-state index in [0.29, 0.717) is 0 Å². The molecule has 102 valence electrons. The minimum Gasteiger partial charge on any atom is -0.480 e. The smallest absolute Gasteiger partial charge is 0.326 e. The maximum absolute atomic E-state index is 12.0. The summed E-state index contributed by atoms with van der Waals surface area (Å²) < 4.78 is 0. The Kier molecular flexibility index (Phi) is 4.01. The van der Waals surface area contributed by atoms with Gasteiger partial charge in [-0.1, -0.05) is 0 Å². The van der Waals surface area contributed by atoms with E-state index in [1.54, 1.807) is 6.08 Å². The molecule has 1 aliphatic rings. The van der Waals surface area contributed by atoms with Gasteiger partial charge in [0.25, 0.3) is 0 Å².